The first-order valence-electron chi connectivity index (χ1n) is 7.01. The highest BCUT2D eigenvalue weighted by molar-refractivity contribution is 14.1. The second-order valence-corrected chi connectivity index (χ2v) is 6.37. The van der Waals surface area contributed by atoms with E-state index in [4.69, 9.17) is 0 Å². The van der Waals surface area contributed by atoms with Crippen LogP contribution < -0.4 is 5.32 Å². The van der Waals surface area contributed by atoms with Crippen molar-refractivity contribution in [1.29, 1.82) is 0 Å². The standard InChI is InChI=1S/C17H21IN2/c1-4-19-17(11-14-5-7-16(18)8-6-14)15-9-12(2)20-13(3)10-15/h5-10,17,19H,4,11H2,1-3H3. The number of pyridine rings is 1. The van der Waals surface area contributed by atoms with Gasteiger partial charge in [-0.05, 0) is 84.8 Å². The summed E-state index contributed by atoms with van der Waals surface area (Å²) < 4.78 is 1.28. The van der Waals surface area contributed by atoms with Gasteiger partial charge in [0.1, 0.15) is 0 Å². The van der Waals surface area contributed by atoms with Gasteiger partial charge in [-0.25, -0.2) is 0 Å². The maximum Gasteiger partial charge on any atom is 0.0379 e. The van der Waals surface area contributed by atoms with Crippen LogP contribution in [0.5, 0.6) is 0 Å². The van der Waals surface area contributed by atoms with Crippen LogP contribution in [0.2, 0.25) is 0 Å². The summed E-state index contributed by atoms with van der Waals surface area (Å²) in [6.07, 6.45) is 1.01. The number of likely N-dealkylation sites (N-methyl/N-ethyl adjacent to an activating group) is 1. The Morgan fingerprint density at radius 3 is 2.25 bits per heavy atom. The lowest BCUT2D eigenvalue weighted by Gasteiger charge is -2.19. The molecule has 1 aromatic heterocycles. The smallest absolute Gasteiger partial charge is 0.0379 e. The predicted molar refractivity (Wildman–Crippen MR) is 93.0 cm³/mol. The molecule has 1 unspecified atom stereocenters. The van der Waals surface area contributed by atoms with Crippen LogP contribution in [-0.4, -0.2) is 11.5 Å². The molecule has 0 saturated carbocycles. The molecular weight excluding hydrogens is 359 g/mol. The van der Waals surface area contributed by atoms with Crippen LogP contribution >= 0.6 is 22.6 Å². The van der Waals surface area contributed by atoms with Crippen LogP contribution in [0.3, 0.4) is 0 Å². The molecule has 0 aliphatic carbocycles. The molecule has 1 N–H and O–H groups in total. The van der Waals surface area contributed by atoms with E-state index in [1.54, 1.807) is 0 Å². The van der Waals surface area contributed by atoms with Gasteiger partial charge < -0.3 is 5.32 Å². The Hall–Kier alpha value is -0.940. The Morgan fingerprint density at radius 2 is 1.70 bits per heavy atom. The van der Waals surface area contributed by atoms with E-state index in [1.807, 2.05) is 0 Å². The van der Waals surface area contributed by atoms with E-state index >= 15 is 0 Å². The first-order chi connectivity index (χ1) is 9.58. The van der Waals surface area contributed by atoms with Gasteiger partial charge in [0.2, 0.25) is 0 Å². The molecule has 1 aromatic carbocycles. The Kier molecular flexibility index (Phi) is 5.54. The van der Waals surface area contributed by atoms with Crippen LogP contribution in [-0.2, 0) is 6.42 Å². The summed E-state index contributed by atoms with van der Waals surface area (Å²) in [5.41, 5.74) is 4.87. The van der Waals surface area contributed by atoms with Gasteiger partial charge in [0.15, 0.2) is 0 Å². The van der Waals surface area contributed by atoms with Gasteiger partial charge >= 0.3 is 0 Å². The number of hydrogen-bond donors (Lipinski definition) is 1. The number of rotatable bonds is 5. The minimum absolute atomic E-state index is 0.348. The molecule has 0 radical (unpaired) electrons. The second-order valence-electron chi connectivity index (χ2n) is 5.12. The summed E-state index contributed by atoms with van der Waals surface area (Å²) in [6.45, 7) is 7.24. The van der Waals surface area contributed by atoms with Crippen molar-refractivity contribution in [3.8, 4) is 0 Å². The number of aromatic nitrogens is 1. The molecular formula is C17H21IN2. The first-order valence-corrected chi connectivity index (χ1v) is 8.09. The average molecular weight is 380 g/mol. The zero-order valence-corrected chi connectivity index (χ0v) is 14.4. The summed E-state index contributed by atoms with van der Waals surface area (Å²) in [6, 6.07) is 13.5. The maximum atomic E-state index is 4.47. The molecule has 3 heteroatoms. The third-order valence-electron chi connectivity index (χ3n) is 3.31. The van der Waals surface area contributed by atoms with E-state index in [0.29, 0.717) is 6.04 Å². The molecule has 1 heterocycles. The van der Waals surface area contributed by atoms with Crippen molar-refractivity contribution < 1.29 is 0 Å². The van der Waals surface area contributed by atoms with Gasteiger partial charge in [0, 0.05) is 21.0 Å². The minimum Gasteiger partial charge on any atom is -0.310 e. The lowest BCUT2D eigenvalue weighted by atomic mass is 9.98. The van der Waals surface area contributed by atoms with E-state index < -0.39 is 0 Å². The van der Waals surface area contributed by atoms with Gasteiger partial charge in [0.25, 0.3) is 0 Å². The molecule has 0 bridgehead atoms. The van der Waals surface area contributed by atoms with Crippen molar-refractivity contribution in [2.24, 2.45) is 0 Å². The highest BCUT2D eigenvalue weighted by Gasteiger charge is 2.12. The van der Waals surface area contributed by atoms with Crippen molar-refractivity contribution >= 4 is 22.6 Å². The van der Waals surface area contributed by atoms with Crippen molar-refractivity contribution in [3.05, 3.63) is 62.5 Å². The molecule has 20 heavy (non-hydrogen) atoms. The summed E-state index contributed by atoms with van der Waals surface area (Å²) in [4.78, 5) is 4.47. The predicted octanol–water partition coefficient (Wildman–Crippen LogP) is 4.20. The summed E-state index contributed by atoms with van der Waals surface area (Å²) >= 11 is 2.34. The average Bonchev–Trinajstić information content (AvgIpc) is 2.39. The summed E-state index contributed by atoms with van der Waals surface area (Å²) in [7, 11) is 0. The van der Waals surface area contributed by atoms with E-state index in [2.05, 4.69) is 90.1 Å². The molecule has 2 aromatic rings. The van der Waals surface area contributed by atoms with Crippen LogP contribution in [0.4, 0.5) is 0 Å². The highest BCUT2D eigenvalue weighted by atomic mass is 127. The van der Waals surface area contributed by atoms with Gasteiger partial charge in [-0.1, -0.05) is 19.1 Å². The number of aryl methyl sites for hydroxylation is 2. The van der Waals surface area contributed by atoms with Crippen LogP contribution in [0.15, 0.2) is 36.4 Å². The zero-order valence-electron chi connectivity index (χ0n) is 12.3. The quantitative estimate of drug-likeness (QED) is 0.787. The number of halogens is 1. The van der Waals surface area contributed by atoms with Crippen LogP contribution in [0.25, 0.3) is 0 Å². The lowest BCUT2D eigenvalue weighted by molar-refractivity contribution is 0.548. The lowest BCUT2D eigenvalue weighted by Crippen LogP contribution is -2.23. The fourth-order valence-electron chi connectivity index (χ4n) is 2.48. The topological polar surface area (TPSA) is 24.9 Å². The first kappa shape index (κ1) is 15.4. The fourth-order valence-corrected chi connectivity index (χ4v) is 2.84. The van der Waals surface area contributed by atoms with E-state index in [0.717, 1.165) is 24.4 Å². The highest BCUT2D eigenvalue weighted by Crippen LogP contribution is 2.20. The third kappa shape index (κ3) is 4.28. The van der Waals surface area contributed by atoms with Gasteiger partial charge in [-0.3, -0.25) is 4.98 Å². The van der Waals surface area contributed by atoms with Crippen LogP contribution in [0, 0.1) is 17.4 Å². The molecule has 106 valence electrons. The SMILES string of the molecule is CCNC(Cc1ccc(I)cc1)c1cc(C)nc(C)c1. The Bertz CT molecular complexity index is 543. The Morgan fingerprint density at radius 1 is 1.10 bits per heavy atom. The zero-order chi connectivity index (χ0) is 14.5. The second kappa shape index (κ2) is 7.18. The third-order valence-corrected chi connectivity index (χ3v) is 4.03. The molecule has 1 atom stereocenters. The van der Waals surface area contributed by atoms with Gasteiger partial charge in [-0.15, -0.1) is 0 Å². The van der Waals surface area contributed by atoms with Crippen LogP contribution in [0.1, 0.15) is 35.5 Å². The molecule has 0 spiro atoms. The normalized spacial score (nSPS) is 12.4. The number of hydrogen-bond acceptors (Lipinski definition) is 2. The molecule has 0 fully saturated rings. The largest absolute Gasteiger partial charge is 0.310 e. The Balaban J connectivity index is 2.23. The molecule has 0 aliphatic rings. The maximum absolute atomic E-state index is 4.47. The molecule has 0 saturated heterocycles. The fraction of sp³-hybridized carbons (Fsp3) is 0.353. The van der Waals surface area contributed by atoms with E-state index in [9.17, 15) is 0 Å². The number of nitrogens with one attached hydrogen (secondary N) is 1. The van der Waals surface area contributed by atoms with Crippen molar-refractivity contribution in [2.75, 3.05) is 6.54 Å². The molecule has 2 nitrogen and oxygen atoms in total. The number of nitrogens with zero attached hydrogens (tertiary/aromatic N) is 1. The number of benzene rings is 1. The molecule has 0 aliphatic heterocycles. The minimum atomic E-state index is 0.348. The molecule has 0 amide bonds. The van der Waals surface area contributed by atoms with Gasteiger partial charge in [-0.2, -0.15) is 0 Å². The van der Waals surface area contributed by atoms with E-state index in [1.165, 1.54) is 14.7 Å². The monoisotopic (exact) mass is 380 g/mol. The summed E-state index contributed by atoms with van der Waals surface area (Å²) in [5, 5.41) is 3.59. The molecule has 2 rings (SSSR count). The van der Waals surface area contributed by atoms with Crippen molar-refractivity contribution in [3.63, 3.8) is 0 Å². The van der Waals surface area contributed by atoms with Gasteiger partial charge in [0.05, 0.1) is 0 Å². The van der Waals surface area contributed by atoms with Crippen molar-refractivity contribution in [2.45, 2.75) is 33.2 Å². The van der Waals surface area contributed by atoms with Crippen molar-refractivity contribution in [1.82, 2.24) is 10.3 Å². The summed E-state index contributed by atoms with van der Waals surface area (Å²) in [5.74, 6) is 0. The van der Waals surface area contributed by atoms with E-state index in [-0.39, 0.29) is 0 Å². The Labute approximate surface area is 135 Å².